The second kappa shape index (κ2) is 7.14. The summed E-state index contributed by atoms with van der Waals surface area (Å²) in [6.07, 6.45) is 0. The number of rotatable bonds is 3. The van der Waals surface area contributed by atoms with Gasteiger partial charge in [0.05, 0.1) is 0 Å². The fourth-order valence-corrected chi connectivity index (χ4v) is 2.16. The van der Waals surface area contributed by atoms with Gasteiger partial charge >= 0.3 is 0 Å². The van der Waals surface area contributed by atoms with Crippen LogP contribution in [0.1, 0.15) is 26.5 Å². The zero-order valence-corrected chi connectivity index (χ0v) is 13.9. The first-order valence-electron chi connectivity index (χ1n) is 7.30. The van der Waals surface area contributed by atoms with Gasteiger partial charge in [0.2, 0.25) is 0 Å². The van der Waals surface area contributed by atoms with Crippen molar-refractivity contribution in [2.24, 2.45) is 0 Å². The number of hydrazine groups is 1. The van der Waals surface area contributed by atoms with Crippen molar-refractivity contribution in [2.75, 3.05) is 0 Å². The van der Waals surface area contributed by atoms with E-state index in [1.54, 1.807) is 55.5 Å². The lowest BCUT2D eigenvalue weighted by Crippen LogP contribution is -2.41. The predicted octanol–water partition coefficient (Wildman–Crippen LogP) is 2.77. The highest BCUT2D eigenvalue weighted by molar-refractivity contribution is 6.30. The SMILES string of the molecule is Cc1noc(-c2ccc(C(=O)NNC(=O)c3ccc(Cl)cc3)cc2)n1. The van der Waals surface area contributed by atoms with Crippen LogP contribution in [0.25, 0.3) is 11.5 Å². The Hall–Kier alpha value is -3.19. The molecular formula is C17H13ClN4O3. The van der Waals surface area contributed by atoms with Gasteiger partial charge in [-0.15, -0.1) is 0 Å². The Kier molecular flexibility index (Phi) is 4.76. The van der Waals surface area contributed by atoms with Crippen molar-refractivity contribution in [3.8, 4) is 11.5 Å². The van der Waals surface area contributed by atoms with Gasteiger partial charge in [-0.25, -0.2) is 0 Å². The van der Waals surface area contributed by atoms with Crippen LogP contribution >= 0.6 is 11.6 Å². The Morgan fingerprint density at radius 2 is 1.44 bits per heavy atom. The number of aryl methyl sites for hydroxylation is 1. The van der Waals surface area contributed by atoms with Gasteiger partial charge in [0.25, 0.3) is 17.7 Å². The molecular weight excluding hydrogens is 344 g/mol. The molecule has 0 fully saturated rings. The van der Waals surface area contributed by atoms with Gasteiger partial charge in [-0.05, 0) is 55.5 Å². The highest BCUT2D eigenvalue weighted by atomic mass is 35.5. The normalized spacial score (nSPS) is 10.3. The van der Waals surface area contributed by atoms with Crippen LogP contribution in [-0.2, 0) is 0 Å². The summed E-state index contributed by atoms with van der Waals surface area (Å²) >= 11 is 5.77. The van der Waals surface area contributed by atoms with Crippen molar-refractivity contribution >= 4 is 23.4 Å². The summed E-state index contributed by atoms with van der Waals surface area (Å²) in [5.41, 5.74) is 6.15. The van der Waals surface area contributed by atoms with Crippen LogP contribution in [0.4, 0.5) is 0 Å². The molecule has 0 saturated heterocycles. The molecule has 0 radical (unpaired) electrons. The molecule has 0 aliphatic carbocycles. The molecule has 1 aromatic heterocycles. The van der Waals surface area contributed by atoms with Crippen molar-refractivity contribution < 1.29 is 14.1 Å². The first kappa shape index (κ1) is 16.7. The predicted molar refractivity (Wildman–Crippen MR) is 90.9 cm³/mol. The van der Waals surface area contributed by atoms with Crippen molar-refractivity contribution in [3.63, 3.8) is 0 Å². The number of nitrogens with one attached hydrogen (secondary N) is 2. The summed E-state index contributed by atoms with van der Waals surface area (Å²) in [5, 5.41) is 4.24. The van der Waals surface area contributed by atoms with Gasteiger partial charge in [0.1, 0.15) is 0 Å². The lowest BCUT2D eigenvalue weighted by Gasteiger charge is -2.07. The van der Waals surface area contributed by atoms with Gasteiger partial charge in [0.15, 0.2) is 5.82 Å². The van der Waals surface area contributed by atoms with Crippen LogP contribution in [0.2, 0.25) is 5.02 Å². The number of hydrogen-bond acceptors (Lipinski definition) is 5. The molecule has 0 spiro atoms. The van der Waals surface area contributed by atoms with E-state index in [0.29, 0.717) is 33.4 Å². The minimum absolute atomic E-state index is 0.372. The Balaban J connectivity index is 1.61. The van der Waals surface area contributed by atoms with Crippen LogP contribution in [0.15, 0.2) is 53.1 Å². The van der Waals surface area contributed by atoms with Crippen molar-refractivity contribution in [1.29, 1.82) is 0 Å². The second-order valence-corrected chi connectivity index (χ2v) is 5.58. The lowest BCUT2D eigenvalue weighted by molar-refractivity contribution is 0.0846. The quantitative estimate of drug-likeness (QED) is 0.703. The summed E-state index contributed by atoms with van der Waals surface area (Å²) in [4.78, 5) is 28.1. The lowest BCUT2D eigenvalue weighted by atomic mass is 10.1. The van der Waals surface area contributed by atoms with Crippen LogP contribution in [0, 0.1) is 6.92 Å². The Morgan fingerprint density at radius 1 is 0.920 bits per heavy atom. The number of carbonyl (C=O) groups excluding carboxylic acids is 2. The summed E-state index contributed by atoms with van der Waals surface area (Å²) in [5.74, 6) is 0.0146. The van der Waals surface area contributed by atoms with Gasteiger partial charge in [-0.2, -0.15) is 4.98 Å². The molecule has 0 atom stereocenters. The van der Waals surface area contributed by atoms with Crippen LogP contribution in [0.5, 0.6) is 0 Å². The highest BCUT2D eigenvalue weighted by Crippen LogP contribution is 2.17. The molecule has 126 valence electrons. The van der Waals surface area contributed by atoms with E-state index >= 15 is 0 Å². The van der Waals surface area contributed by atoms with Gasteiger partial charge in [-0.1, -0.05) is 16.8 Å². The first-order valence-corrected chi connectivity index (χ1v) is 7.68. The van der Waals surface area contributed by atoms with Crippen LogP contribution in [-0.4, -0.2) is 22.0 Å². The average Bonchev–Trinajstić information content (AvgIpc) is 3.06. The van der Waals surface area contributed by atoms with Gasteiger partial charge in [-0.3, -0.25) is 20.4 Å². The van der Waals surface area contributed by atoms with Gasteiger partial charge in [0, 0.05) is 21.7 Å². The third-order valence-electron chi connectivity index (χ3n) is 3.32. The van der Waals surface area contributed by atoms with E-state index in [4.69, 9.17) is 16.1 Å². The number of nitrogens with zero attached hydrogens (tertiary/aromatic N) is 2. The zero-order chi connectivity index (χ0) is 17.8. The van der Waals surface area contributed by atoms with E-state index in [2.05, 4.69) is 21.0 Å². The second-order valence-electron chi connectivity index (χ2n) is 5.14. The van der Waals surface area contributed by atoms with Crippen LogP contribution in [0.3, 0.4) is 0 Å². The van der Waals surface area contributed by atoms with E-state index in [1.807, 2.05) is 0 Å². The van der Waals surface area contributed by atoms with Crippen molar-refractivity contribution in [1.82, 2.24) is 21.0 Å². The molecule has 1 heterocycles. The molecule has 0 unspecified atom stereocenters. The first-order chi connectivity index (χ1) is 12.0. The molecule has 3 rings (SSSR count). The zero-order valence-electron chi connectivity index (χ0n) is 13.1. The minimum atomic E-state index is -0.449. The molecule has 2 aromatic carbocycles. The van der Waals surface area contributed by atoms with E-state index in [0.717, 1.165) is 0 Å². The summed E-state index contributed by atoms with van der Waals surface area (Å²) in [6.45, 7) is 1.72. The van der Waals surface area contributed by atoms with E-state index < -0.39 is 11.8 Å². The van der Waals surface area contributed by atoms with E-state index in [1.165, 1.54) is 0 Å². The molecule has 0 bridgehead atoms. The standard InChI is InChI=1S/C17H13ClN4O3/c1-10-19-17(25-22-10)13-4-2-11(3-5-13)15(23)20-21-16(24)12-6-8-14(18)9-7-12/h2-9H,1H3,(H,20,23)(H,21,24). The topological polar surface area (TPSA) is 97.1 Å². The maximum atomic E-state index is 12.1. The fraction of sp³-hybridized carbons (Fsp3) is 0.0588. The average molecular weight is 357 g/mol. The summed E-state index contributed by atoms with van der Waals surface area (Å²) < 4.78 is 5.06. The molecule has 3 aromatic rings. The molecule has 2 N–H and O–H groups in total. The largest absolute Gasteiger partial charge is 0.334 e. The van der Waals surface area contributed by atoms with Crippen LogP contribution < -0.4 is 10.9 Å². The molecule has 0 aliphatic heterocycles. The van der Waals surface area contributed by atoms with E-state index in [9.17, 15) is 9.59 Å². The smallest absolute Gasteiger partial charge is 0.269 e. The fourth-order valence-electron chi connectivity index (χ4n) is 2.04. The Morgan fingerprint density at radius 3 is 1.92 bits per heavy atom. The number of amides is 2. The monoisotopic (exact) mass is 356 g/mol. The maximum Gasteiger partial charge on any atom is 0.269 e. The van der Waals surface area contributed by atoms with Gasteiger partial charge < -0.3 is 4.52 Å². The Bertz CT molecular complexity index is 904. The van der Waals surface area contributed by atoms with E-state index in [-0.39, 0.29) is 0 Å². The molecule has 25 heavy (non-hydrogen) atoms. The number of halogens is 1. The maximum absolute atomic E-state index is 12.1. The highest BCUT2D eigenvalue weighted by Gasteiger charge is 2.11. The Labute approximate surface area is 148 Å². The van der Waals surface area contributed by atoms with Crippen molar-refractivity contribution in [3.05, 3.63) is 70.5 Å². The molecule has 0 saturated carbocycles. The molecule has 2 amide bonds. The minimum Gasteiger partial charge on any atom is -0.334 e. The molecule has 0 aliphatic rings. The number of hydrogen-bond donors (Lipinski definition) is 2. The molecule has 8 heteroatoms. The summed E-state index contributed by atoms with van der Waals surface area (Å²) in [6, 6.07) is 12.9. The van der Waals surface area contributed by atoms with Crippen molar-refractivity contribution in [2.45, 2.75) is 6.92 Å². The third kappa shape index (κ3) is 4.02. The number of benzene rings is 2. The molecule has 7 nitrogen and oxygen atoms in total. The number of aromatic nitrogens is 2. The third-order valence-corrected chi connectivity index (χ3v) is 3.57. The number of carbonyl (C=O) groups is 2. The summed E-state index contributed by atoms with van der Waals surface area (Å²) in [7, 11) is 0.